The molecule has 0 aliphatic rings. The van der Waals surface area contributed by atoms with E-state index in [0.717, 1.165) is 25.3 Å². The van der Waals surface area contributed by atoms with Gasteiger partial charge in [-0.25, -0.2) is 36.9 Å². The molecule has 0 spiro atoms. The molecule has 0 saturated heterocycles. The van der Waals surface area contributed by atoms with E-state index >= 15 is 8.78 Å². The van der Waals surface area contributed by atoms with Gasteiger partial charge in [0.25, 0.3) is 0 Å². The maximum absolute atomic E-state index is 16.5. The fourth-order valence-corrected chi connectivity index (χ4v) is 3.80. The molecule has 35 heavy (non-hydrogen) atoms. The third-order valence-corrected chi connectivity index (χ3v) is 5.51. The highest BCUT2D eigenvalue weighted by Gasteiger charge is 2.68. The normalized spacial score (nSPS) is 15.5. The van der Waals surface area contributed by atoms with Gasteiger partial charge in [0.2, 0.25) is 0 Å². The van der Waals surface area contributed by atoms with E-state index in [4.69, 9.17) is 0 Å². The molecule has 14 heteroatoms. The van der Waals surface area contributed by atoms with Crippen molar-refractivity contribution in [2.24, 2.45) is 0 Å². The SMILES string of the molecule is OC(Cn1cncn1)(c1ccc(F)cc1F)C(F)(F)C(O)(Cn1cncn1)c1ccc(F)cc1F. The number of alkyl halides is 2. The maximum atomic E-state index is 16.5. The number of benzene rings is 2. The van der Waals surface area contributed by atoms with Gasteiger partial charge >= 0.3 is 5.92 Å². The van der Waals surface area contributed by atoms with Crippen LogP contribution in [0.2, 0.25) is 0 Å². The molecule has 0 radical (unpaired) electrons. The van der Waals surface area contributed by atoms with Crippen molar-refractivity contribution >= 4 is 0 Å². The Hall–Kier alpha value is -3.78. The lowest BCUT2D eigenvalue weighted by Gasteiger charge is -2.45. The van der Waals surface area contributed by atoms with Crippen molar-refractivity contribution in [3.8, 4) is 0 Å². The number of nitrogens with zero attached hydrogens (tertiary/aromatic N) is 6. The Bertz CT molecular complexity index is 1220. The van der Waals surface area contributed by atoms with Gasteiger partial charge in [0.1, 0.15) is 48.6 Å². The molecule has 0 fully saturated rings. The first-order valence-electron chi connectivity index (χ1n) is 9.86. The number of aliphatic hydroxyl groups is 2. The zero-order valence-electron chi connectivity index (χ0n) is 17.5. The fourth-order valence-electron chi connectivity index (χ4n) is 3.80. The maximum Gasteiger partial charge on any atom is 0.316 e. The summed E-state index contributed by atoms with van der Waals surface area (Å²) in [6, 6.07) is 2.88. The second-order valence-corrected chi connectivity index (χ2v) is 7.73. The minimum Gasteiger partial charge on any atom is -0.377 e. The molecule has 0 amide bonds. The minimum atomic E-state index is -4.87. The van der Waals surface area contributed by atoms with Crippen LogP contribution in [0.4, 0.5) is 26.3 Å². The monoisotopic (exact) mass is 498 g/mol. The summed E-state index contributed by atoms with van der Waals surface area (Å²) in [7, 11) is 0. The summed E-state index contributed by atoms with van der Waals surface area (Å²) in [4.78, 5) is 7.16. The highest BCUT2D eigenvalue weighted by atomic mass is 19.3. The fraction of sp³-hybridized carbons (Fsp3) is 0.238. The van der Waals surface area contributed by atoms with Crippen molar-refractivity contribution in [3.63, 3.8) is 0 Å². The molecule has 0 aliphatic heterocycles. The summed E-state index contributed by atoms with van der Waals surface area (Å²) in [6.45, 7) is -2.41. The second kappa shape index (κ2) is 8.78. The summed E-state index contributed by atoms with van der Waals surface area (Å²) in [6.07, 6.45) is 3.75. The molecule has 0 aliphatic carbocycles. The van der Waals surface area contributed by atoms with Gasteiger partial charge in [-0.05, 0) is 24.3 Å². The molecule has 0 saturated carbocycles. The summed E-state index contributed by atoms with van der Waals surface area (Å²) < 4.78 is 91.1. The molecular weight excluding hydrogens is 482 g/mol. The van der Waals surface area contributed by atoms with Gasteiger partial charge in [0.05, 0.1) is 13.1 Å². The summed E-state index contributed by atoms with van der Waals surface area (Å²) in [5.41, 5.74) is -9.60. The summed E-state index contributed by atoms with van der Waals surface area (Å²) >= 11 is 0. The van der Waals surface area contributed by atoms with Crippen molar-refractivity contribution < 1.29 is 36.6 Å². The predicted molar refractivity (Wildman–Crippen MR) is 106 cm³/mol. The van der Waals surface area contributed by atoms with Crippen molar-refractivity contribution in [1.82, 2.24) is 29.5 Å². The zero-order valence-corrected chi connectivity index (χ0v) is 17.5. The van der Waals surface area contributed by atoms with E-state index in [-0.39, 0.29) is 12.1 Å². The third kappa shape index (κ3) is 4.14. The van der Waals surface area contributed by atoms with E-state index < -0.39 is 64.6 Å². The molecule has 2 aromatic carbocycles. The first-order chi connectivity index (χ1) is 16.5. The van der Waals surface area contributed by atoms with Crippen molar-refractivity contribution in [3.05, 3.63) is 96.1 Å². The molecule has 2 aromatic heterocycles. The molecule has 184 valence electrons. The Labute approximate surface area is 193 Å². The van der Waals surface area contributed by atoms with Crippen LogP contribution in [0, 0.1) is 23.3 Å². The van der Waals surface area contributed by atoms with Crippen molar-refractivity contribution in [2.45, 2.75) is 30.2 Å². The Morgan fingerprint density at radius 3 is 1.40 bits per heavy atom. The summed E-state index contributed by atoms with van der Waals surface area (Å²) in [5, 5.41) is 30.1. The number of rotatable bonds is 8. The van der Waals surface area contributed by atoms with Gasteiger partial charge < -0.3 is 10.2 Å². The predicted octanol–water partition coefficient (Wildman–Crippen LogP) is 2.54. The molecule has 0 bridgehead atoms. The van der Waals surface area contributed by atoms with E-state index in [0.29, 0.717) is 33.6 Å². The topological polar surface area (TPSA) is 102 Å². The first kappa shape index (κ1) is 24.3. The molecule has 2 heterocycles. The van der Waals surface area contributed by atoms with E-state index in [2.05, 4.69) is 20.2 Å². The van der Waals surface area contributed by atoms with Gasteiger partial charge in [-0.2, -0.15) is 19.0 Å². The number of hydrogen-bond acceptors (Lipinski definition) is 6. The highest BCUT2D eigenvalue weighted by Crippen LogP contribution is 2.52. The molecule has 8 nitrogen and oxygen atoms in total. The van der Waals surface area contributed by atoms with Gasteiger partial charge in [-0.3, -0.25) is 0 Å². The third-order valence-electron chi connectivity index (χ3n) is 5.51. The zero-order chi connectivity index (χ0) is 25.4. The number of halogens is 6. The van der Waals surface area contributed by atoms with Crippen LogP contribution in [0.1, 0.15) is 11.1 Å². The van der Waals surface area contributed by atoms with Crippen LogP contribution >= 0.6 is 0 Å². The lowest BCUT2D eigenvalue weighted by atomic mass is 9.74. The van der Waals surface area contributed by atoms with E-state index in [1.165, 1.54) is 0 Å². The van der Waals surface area contributed by atoms with Crippen LogP contribution < -0.4 is 0 Å². The van der Waals surface area contributed by atoms with Crippen LogP contribution in [-0.2, 0) is 24.3 Å². The van der Waals surface area contributed by atoms with Crippen LogP contribution in [0.5, 0.6) is 0 Å². The van der Waals surface area contributed by atoms with Crippen molar-refractivity contribution in [1.29, 1.82) is 0 Å². The number of hydrogen-bond donors (Lipinski definition) is 2. The average molecular weight is 498 g/mol. The van der Waals surface area contributed by atoms with E-state index in [1.54, 1.807) is 0 Å². The quantitative estimate of drug-likeness (QED) is 0.362. The summed E-state index contributed by atoms with van der Waals surface area (Å²) in [5.74, 6) is -10.3. The van der Waals surface area contributed by atoms with Gasteiger partial charge in [-0.15, -0.1) is 0 Å². The van der Waals surface area contributed by atoms with Crippen LogP contribution in [0.15, 0.2) is 61.7 Å². The molecule has 2 unspecified atom stereocenters. The average Bonchev–Trinajstić information content (AvgIpc) is 3.47. The van der Waals surface area contributed by atoms with Crippen LogP contribution in [0.25, 0.3) is 0 Å². The van der Waals surface area contributed by atoms with Crippen LogP contribution in [0.3, 0.4) is 0 Å². The second-order valence-electron chi connectivity index (χ2n) is 7.73. The molecular formula is C21H16F6N6O2. The molecule has 2 N–H and O–H groups in total. The van der Waals surface area contributed by atoms with Gasteiger partial charge in [-0.1, -0.05) is 0 Å². The van der Waals surface area contributed by atoms with E-state index in [1.807, 2.05) is 0 Å². The largest absolute Gasteiger partial charge is 0.377 e. The van der Waals surface area contributed by atoms with Crippen molar-refractivity contribution in [2.75, 3.05) is 0 Å². The smallest absolute Gasteiger partial charge is 0.316 e. The Morgan fingerprint density at radius 2 is 1.09 bits per heavy atom. The minimum absolute atomic E-state index is 0.257. The molecule has 4 rings (SSSR count). The lowest BCUT2D eigenvalue weighted by Crippen LogP contribution is -2.62. The van der Waals surface area contributed by atoms with Crippen LogP contribution in [-0.4, -0.2) is 45.7 Å². The lowest BCUT2D eigenvalue weighted by molar-refractivity contribution is -0.296. The van der Waals surface area contributed by atoms with Gasteiger partial charge in [0, 0.05) is 23.3 Å². The standard InChI is InChI=1S/C21H16F6N6O2/c22-13-1-3-15(17(24)5-13)19(34,7-32-11-28-9-30-32)21(26,27)20(35,8-33-12-29-10-31-33)16-4-2-14(23)6-18(16)25/h1-6,9-12,34-35H,7-8H2. The Balaban J connectivity index is 1.98. The highest BCUT2D eigenvalue weighted by molar-refractivity contribution is 5.35. The Kier molecular flexibility index (Phi) is 6.11. The number of aromatic nitrogens is 6. The molecule has 2 atom stereocenters. The van der Waals surface area contributed by atoms with Gasteiger partial charge in [0.15, 0.2) is 11.2 Å². The molecule has 4 aromatic rings. The first-order valence-corrected chi connectivity index (χ1v) is 9.86. The van der Waals surface area contributed by atoms with E-state index in [9.17, 15) is 27.8 Å². The Morgan fingerprint density at radius 1 is 0.686 bits per heavy atom.